The Bertz CT molecular complexity index is 565. The van der Waals surface area contributed by atoms with Gasteiger partial charge in [0.1, 0.15) is 0 Å². The fourth-order valence-corrected chi connectivity index (χ4v) is 2.66. The van der Waals surface area contributed by atoms with E-state index in [0.717, 1.165) is 51.5 Å². The predicted molar refractivity (Wildman–Crippen MR) is 82.5 cm³/mol. The molecule has 0 N–H and O–H groups in total. The molecule has 3 heterocycles. The van der Waals surface area contributed by atoms with Crippen molar-refractivity contribution in [3.63, 3.8) is 0 Å². The summed E-state index contributed by atoms with van der Waals surface area (Å²) < 4.78 is 7.06. The quantitative estimate of drug-likeness (QED) is 0.774. The van der Waals surface area contributed by atoms with E-state index in [0.29, 0.717) is 5.88 Å². The van der Waals surface area contributed by atoms with Gasteiger partial charge in [0.2, 0.25) is 5.88 Å². The Hall–Kier alpha value is -1.99. The summed E-state index contributed by atoms with van der Waals surface area (Å²) >= 11 is 0. The first kappa shape index (κ1) is 14.9. The Kier molecular flexibility index (Phi) is 4.97. The van der Waals surface area contributed by atoms with Crippen LogP contribution < -0.4 is 4.74 Å². The standard InChI is InChI=1S/C15H22N6O/c1-22-15-4-2-3-14(17-15)13-20-9-7-19(8-10-20)11-12-21-6-5-16-18-21/h2-6H,7-13H2,1H3. The van der Waals surface area contributed by atoms with Crippen LogP contribution in [0.3, 0.4) is 0 Å². The minimum atomic E-state index is 0.684. The van der Waals surface area contributed by atoms with E-state index in [1.165, 1.54) is 0 Å². The van der Waals surface area contributed by atoms with Crippen LogP contribution in [0, 0.1) is 0 Å². The van der Waals surface area contributed by atoms with E-state index in [4.69, 9.17) is 4.74 Å². The van der Waals surface area contributed by atoms with Crippen molar-refractivity contribution in [1.82, 2.24) is 29.8 Å². The van der Waals surface area contributed by atoms with E-state index in [2.05, 4.69) is 31.2 Å². The molecule has 0 radical (unpaired) electrons. The summed E-state index contributed by atoms with van der Waals surface area (Å²) in [5, 5.41) is 7.83. The van der Waals surface area contributed by atoms with Gasteiger partial charge in [-0.1, -0.05) is 11.3 Å². The molecule has 2 aromatic heterocycles. The van der Waals surface area contributed by atoms with Crippen molar-refractivity contribution in [3.05, 3.63) is 36.3 Å². The van der Waals surface area contributed by atoms with Gasteiger partial charge in [-0.2, -0.15) is 0 Å². The number of hydrogen-bond acceptors (Lipinski definition) is 6. The van der Waals surface area contributed by atoms with Gasteiger partial charge in [-0.05, 0) is 6.07 Å². The van der Waals surface area contributed by atoms with Gasteiger partial charge in [0, 0.05) is 51.5 Å². The van der Waals surface area contributed by atoms with Gasteiger partial charge in [0.15, 0.2) is 0 Å². The molecule has 1 fully saturated rings. The second-order valence-corrected chi connectivity index (χ2v) is 5.46. The average molecular weight is 302 g/mol. The number of ether oxygens (including phenoxy) is 1. The Morgan fingerprint density at radius 1 is 1.09 bits per heavy atom. The maximum atomic E-state index is 5.18. The highest BCUT2D eigenvalue weighted by molar-refractivity contribution is 5.15. The molecular formula is C15H22N6O. The van der Waals surface area contributed by atoms with Crippen molar-refractivity contribution in [2.75, 3.05) is 39.8 Å². The summed E-state index contributed by atoms with van der Waals surface area (Å²) in [6.07, 6.45) is 3.63. The second-order valence-electron chi connectivity index (χ2n) is 5.46. The van der Waals surface area contributed by atoms with Crippen LogP contribution in [0.25, 0.3) is 0 Å². The van der Waals surface area contributed by atoms with E-state index < -0.39 is 0 Å². The third-order valence-electron chi connectivity index (χ3n) is 3.96. The minimum Gasteiger partial charge on any atom is -0.481 e. The molecule has 0 bridgehead atoms. The molecule has 22 heavy (non-hydrogen) atoms. The number of methoxy groups -OCH3 is 1. The maximum absolute atomic E-state index is 5.18. The molecule has 0 spiro atoms. The lowest BCUT2D eigenvalue weighted by atomic mass is 10.2. The van der Waals surface area contributed by atoms with E-state index in [-0.39, 0.29) is 0 Å². The fourth-order valence-electron chi connectivity index (χ4n) is 2.66. The van der Waals surface area contributed by atoms with Crippen LogP contribution >= 0.6 is 0 Å². The Balaban J connectivity index is 1.43. The van der Waals surface area contributed by atoms with Crippen LogP contribution in [-0.2, 0) is 13.1 Å². The molecular weight excluding hydrogens is 280 g/mol. The summed E-state index contributed by atoms with van der Waals surface area (Å²) in [5.41, 5.74) is 1.07. The lowest BCUT2D eigenvalue weighted by Crippen LogP contribution is -2.46. The Morgan fingerprint density at radius 3 is 2.64 bits per heavy atom. The molecule has 2 aromatic rings. The van der Waals surface area contributed by atoms with Crippen molar-refractivity contribution >= 4 is 0 Å². The molecule has 0 aliphatic carbocycles. The highest BCUT2D eigenvalue weighted by atomic mass is 16.5. The SMILES string of the molecule is COc1cccc(CN2CCN(CCn3ccnn3)CC2)n1. The number of rotatable bonds is 6. The van der Waals surface area contributed by atoms with Crippen molar-refractivity contribution < 1.29 is 4.74 Å². The van der Waals surface area contributed by atoms with Crippen LogP contribution in [0.4, 0.5) is 0 Å². The number of nitrogens with zero attached hydrogens (tertiary/aromatic N) is 6. The summed E-state index contributed by atoms with van der Waals surface area (Å²) in [7, 11) is 1.65. The molecule has 0 amide bonds. The molecule has 7 heteroatoms. The smallest absolute Gasteiger partial charge is 0.213 e. The van der Waals surface area contributed by atoms with Crippen LogP contribution in [0.1, 0.15) is 5.69 Å². The van der Waals surface area contributed by atoms with Crippen molar-refractivity contribution in [1.29, 1.82) is 0 Å². The normalized spacial score (nSPS) is 16.8. The van der Waals surface area contributed by atoms with Gasteiger partial charge >= 0.3 is 0 Å². The number of hydrogen-bond donors (Lipinski definition) is 0. The lowest BCUT2D eigenvalue weighted by molar-refractivity contribution is 0.122. The molecule has 0 atom stereocenters. The third kappa shape index (κ3) is 4.02. The maximum Gasteiger partial charge on any atom is 0.213 e. The highest BCUT2D eigenvalue weighted by Crippen LogP contribution is 2.11. The Labute approximate surface area is 130 Å². The molecule has 0 aromatic carbocycles. The molecule has 118 valence electrons. The molecule has 1 aliphatic rings. The largest absolute Gasteiger partial charge is 0.481 e. The number of aromatic nitrogens is 4. The van der Waals surface area contributed by atoms with Crippen molar-refractivity contribution in [2.24, 2.45) is 0 Å². The average Bonchev–Trinajstić information content (AvgIpc) is 3.08. The fraction of sp³-hybridized carbons (Fsp3) is 0.533. The molecule has 1 saturated heterocycles. The van der Waals surface area contributed by atoms with Gasteiger partial charge in [-0.15, -0.1) is 5.10 Å². The molecule has 1 aliphatic heterocycles. The van der Waals surface area contributed by atoms with E-state index in [1.54, 1.807) is 13.3 Å². The predicted octanol–water partition coefficient (Wildman–Crippen LogP) is 0.500. The number of piperazine rings is 1. The first-order valence-electron chi connectivity index (χ1n) is 7.62. The van der Waals surface area contributed by atoms with Crippen LogP contribution in [0.5, 0.6) is 5.88 Å². The van der Waals surface area contributed by atoms with E-state index in [1.807, 2.05) is 23.0 Å². The lowest BCUT2D eigenvalue weighted by Gasteiger charge is -2.34. The van der Waals surface area contributed by atoms with Crippen LogP contribution in [0.2, 0.25) is 0 Å². The third-order valence-corrected chi connectivity index (χ3v) is 3.96. The molecule has 0 unspecified atom stereocenters. The zero-order valence-electron chi connectivity index (χ0n) is 12.9. The monoisotopic (exact) mass is 302 g/mol. The molecule has 0 saturated carbocycles. The Morgan fingerprint density at radius 2 is 1.91 bits per heavy atom. The van der Waals surface area contributed by atoms with Gasteiger partial charge in [0.25, 0.3) is 0 Å². The molecule has 3 rings (SSSR count). The summed E-state index contributed by atoms with van der Waals surface area (Å²) in [6, 6.07) is 5.93. The van der Waals surface area contributed by atoms with Crippen molar-refractivity contribution in [2.45, 2.75) is 13.1 Å². The summed E-state index contributed by atoms with van der Waals surface area (Å²) in [4.78, 5) is 9.39. The van der Waals surface area contributed by atoms with Crippen LogP contribution in [0.15, 0.2) is 30.6 Å². The highest BCUT2D eigenvalue weighted by Gasteiger charge is 2.17. The summed E-state index contributed by atoms with van der Waals surface area (Å²) in [6.45, 7) is 7.10. The number of pyridine rings is 1. The van der Waals surface area contributed by atoms with Crippen molar-refractivity contribution in [3.8, 4) is 5.88 Å². The topological polar surface area (TPSA) is 59.3 Å². The first-order valence-corrected chi connectivity index (χ1v) is 7.62. The zero-order valence-corrected chi connectivity index (χ0v) is 12.9. The van der Waals surface area contributed by atoms with E-state index in [9.17, 15) is 0 Å². The molecule has 7 nitrogen and oxygen atoms in total. The van der Waals surface area contributed by atoms with Gasteiger partial charge in [-0.3, -0.25) is 14.5 Å². The summed E-state index contributed by atoms with van der Waals surface area (Å²) in [5.74, 6) is 0.684. The van der Waals surface area contributed by atoms with E-state index >= 15 is 0 Å². The van der Waals surface area contributed by atoms with Gasteiger partial charge in [-0.25, -0.2) is 4.98 Å². The van der Waals surface area contributed by atoms with Gasteiger partial charge < -0.3 is 4.74 Å². The second kappa shape index (κ2) is 7.33. The van der Waals surface area contributed by atoms with Gasteiger partial charge in [0.05, 0.1) is 25.5 Å². The first-order chi connectivity index (χ1) is 10.8. The minimum absolute atomic E-state index is 0.684. The zero-order chi connectivity index (χ0) is 15.2. The van der Waals surface area contributed by atoms with Crippen LogP contribution in [-0.4, -0.2) is 69.6 Å².